The van der Waals surface area contributed by atoms with Crippen molar-refractivity contribution in [3.63, 3.8) is 0 Å². The van der Waals surface area contributed by atoms with Crippen molar-refractivity contribution in [1.82, 2.24) is 4.90 Å². The molecule has 5 nitrogen and oxygen atoms in total. The molecule has 0 fully saturated rings. The molecule has 0 aliphatic heterocycles. The zero-order valence-corrected chi connectivity index (χ0v) is 16.3. The quantitative estimate of drug-likeness (QED) is 0.771. The Labute approximate surface area is 149 Å². The lowest BCUT2D eigenvalue weighted by Crippen LogP contribution is -2.33. The number of nitrogens with zero attached hydrogens (tertiary/aromatic N) is 1. The van der Waals surface area contributed by atoms with Gasteiger partial charge in [-0.3, -0.25) is 0 Å². The number of thioether (sulfide) groups is 1. The van der Waals surface area contributed by atoms with E-state index in [1.165, 1.54) is 4.90 Å². The van der Waals surface area contributed by atoms with Gasteiger partial charge in [-0.15, -0.1) is 11.8 Å². The normalized spacial score (nSPS) is 10.9. The number of carbonyl (C=O) groups is 1. The molecule has 0 spiro atoms. The molecule has 0 saturated carbocycles. The van der Waals surface area contributed by atoms with Crippen molar-refractivity contribution in [2.75, 3.05) is 25.2 Å². The van der Waals surface area contributed by atoms with E-state index in [-0.39, 0.29) is 6.09 Å². The predicted octanol–water partition coefficient (Wildman–Crippen LogP) is 4.70. The second-order valence-electron chi connectivity index (χ2n) is 6.34. The van der Waals surface area contributed by atoms with Crippen LogP contribution < -0.4 is 10.1 Å². The third-order valence-electron chi connectivity index (χ3n) is 3.00. The molecule has 1 rings (SSSR count). The fourth-order valence-electron chi connectivity index (χ4n) is 2.01. The molecule has 0 radical (unpaired) electrons. The van der Waals surface area contributed by atoms with E-state index >= 15 is 0 Å². The van der Waals surface area contributed by atoms with Crippen molar-refractivity contribution >= 4 is 23.5 Å². The lowest BCUT2D eigenvalue weighted by atomic mass is 10.1. The average Bonchev–Trinajstić information content (AvgIpc) is 2.46. The zero-order valence-electron chi connectivity index (χ0n) is 15.4. The first-order valence-electron chi connectivity index (χ1n) is 7.86. The number of hydrogen-bond acceptors (Lipinski definition) is 5. The number of ether oxygens (including phenoxy) is 2. The van der Waals surface area contributed by atoms with Crippen molar-refractivity contribution in [3.8, 4) is 5.75 Å². The lowest BCUT2D eigenvalue weighted by Gasteiger charge is -2.25. The number of carbonyl (C=O) groups excluding carboxylic acids is 1. The number of amides is 1. The van der Waals surface area contributed by atoms with E-state index in [0.29, 0.717) is 6.54 Å². The SMILES string of the molecule is C=C(Nc1ccc(OC)c(CN(C)C(=O)OC(C)(C)C)c1)SCC. The Morgan fingerprint density at radius 1 is 1.38 bits per heavy atom. The van der Waals surface area contributed by atoms with Gasteiger partial charge in [0.2, 0.25) is 0 Å². The fraction of sp³-hybridized carbons (Fsp3) is 0.500. The van der Waals surface area contributed by atoms with E-state index < -0.39 is 5.60 Å². The first-order chi connectivity index (χ1) is 11.2. The Kier molecular flexibility index (Phi) is 7.48. The van der Waals surface area contributed by atoms with Gasteiger partial charge in [-0.2, -0.15) is 0 Å². The van der Waals surface area contributed by atoms with Gasteiger partial charge in [-0.05, 0) is 44.7 Å². The number of rotatable bonds is 7. The van der Waals surface area contributed by atoms with Crippen LogP contribution in [0.3, 0.4) is 0 Å². The maximum atomic E-state index is 12.1. The summed E-state index contributed by atoms with van der Waals surface area (Å²) in [6.45, 7) is 12.0. The molecule has 6 heteroatoms. The van der Waals surface area contributed by atoms with Gasteiger partial charge in [-0.25, -0.2) is 4.79 Å². The van der Waals surface area contributed by atoms with Crippen LogP contribution in [0.4, 0.5) is 10.5 Å². The van der Waals surface area contributed by atoms with Crippen LogP contribution in [0, 0.1) is 0 Å². The molecule has 24 heavy (non-hydrogen) atoms. The van der Waals surface area contributed by atoms with Crippen LogP contribution in [0.15, 0.2) is 29.8 Å². The molecule has 0 aliphatic rings. The number of methoxy groups -OCH3 is 1. The fourth-order valence-corrected chi connectivity index (χ4v) is 2.55. The molecular formula is C18H28N2O3S. The van der Waals surface area contributed by atoms with Gasteiger partial charge in [0.1, 0.15) is 11.4 Å². The van der Waals surface area contributed by atoms with E-state index in [9.17, 15) is 4.79 Å². The summed E-state index contributed by atoms with van der Waals surface area (Å²) in [7, 11) is 3.32. The summed E-state index contributed by atoms with van der Waals surface area (Å²) in [5.41, 5.74) is 1.29. The highest BCUT2D eigenvalue weighted by Crippen LogP contribution is 2.26. The van der Waals surface area contributed by atoms with Gasteiger partial charge < -0.3 is 19.7 Å². The molecule has 0 bridgehead atoms. The van der Waals surface area contributed by atoms with Crippen LogP contribution in [0.5, 0.6) is 5.75 Å². The molecule has 1 aromatic rings. The van der Waals surface area contributed by atoms with Crippen LogP contribution in [-0.2, 0) is 11.3 Å². The minimum absolute atomic E-state index is 0.367. The van der Waals surface area contributed by atoms with Gasteiger partial charge in [-0.1, -0.05) is 13.5 Å². The summed E-state index contributed by atoms with van der Waals surface area (Å²) in [6.07, 6.45) is -0.367. The predicted molar refractivity (Wildman–Crippen MR) is 102 cm³/mol. The summed E-state index contributed by atoms with van der Waals surface area (Å²) in [6, 6.07) is 5.77. The van der Waals surface area contributed by atoms with Crippen molar-refractivity contribution in [2.24, 2.45) is 0 Å². The molecule has 134 valence electrons. The number of benzene rings is 1. The topological polar surface area (TPSA) is 50.8 Å². The second kappa shape index (κ2) is 8.87. The second-order valence-corrected chi connectivity index (χ2v) is 7.70. The van der Waals surface area contributed by atoms with Crippen molar-refractivity contribution in [2.45, 2.75) is 39.8 Å². The van der Waals surface area contributed by atoms with Crippen LogP contribution in [0.1, 0.15) is 33.3 Å². The monoisotopic (exact) mass is 352 g/mol. The summed E-state index contributed by atoms with van der Waals surface area (Å²) in [5, 5.41) is 4.14. The molecule has 0 aliphatic carbocycles. The Balaban J connectivity index is 2.88. The maximum Gasteiger partial charge on any atom is 0.410 e. The molecule has 0 saturated heterocycles. The van der Waals surface area contributed by atoms with Crippen LogP contribution in [0.25, 0.3) is 0 Å². The lowest BCUT2D eigenvalue weighted by molar-refractivity contribution is 0.0284. The highest BCUT2D eigenvalue weighted by Gasteiger charge is 2.20. The summed E-state index contributed by atoms with van der Waals surface area (Å²) in [5.74, 6) is 1.68. The Morgan fingerprint density at radius 3 is 2.58 bits per heavy atom. The number of hydrogen-bond donors (Lipinski definition) is 1. The van der Waals surface area contributed by atoms with E-state index in [2.05, 4.69) is 18.8 Å². The summed E-state index contributed by atoms with van der Waals surface area (Å²) in [4.78, 5) is 13.7. The highest BCUT2D eigenvalue weighted by molar-refractivity contribution is 8.03. The third kappa shape index (κ3) is 6.74. The Bertz CT molecular complexity index is 582. The maximum absolute atomic E-state index is 12.1. The van der Waals surface area contributed by atoms with E-state index in [4.69, 9.17) is 9.47 Å². The van der Waals surface area contributed by atoms with Gasteiger partial charge >= 0.3 is 6.09 Å². The summed E-state index contributed by atoms with van der Waals surface area (Å²) >= 11 is 1.65. The molecular weight excluding hydrogens is 324 g/mol. The van der Waals surface area contributed by atoms with Gasteiger partial charge in [0, 0.05) is 18.3 Å². The van der Waals surface area contributed by atoms with E-state index in [1.54, 1.807) is 25.9 Å². The van der Waals surface area contributed by atoms with Gasteiger partial charge in [0.05, 0.1) is 18.7 Å². The van der Waals surface area contributed by atoms with Crippen LogP contribution in [0.2, 0.25) is 0 Å². The summed E-state index contributed by atoms with van der Waals surface area (Å²) < 4.78 is 10.8. The highest BCUT2D eigenvalue weighted by atomic mass is 32.2. The molecule has 0 heterocycles. The minimum Gasteiger partial charge on any atom is -0.496 e. The smallest absolute Gasteiger partial charge is 0.410 e. The Morgan fingerprint density at radius 2 is 2.04 bits per heavy atom. The average molecular weight is 353 g/mol. The number of anilines is 1. The number of nitrogens with one attached hydrogen (secondary N) is 1. The first kappa shape index (κ1) is 20.2. The van der Waals surface area contributed by atoms with E-state index in [0.717, 1.165) is 27.8 Å². The first-order valence-corrected chi connectivity index (χ1v) is 8.84. The minimum atomic E-state index is -0.520. The third-order valence-corrected chi connectivity index (χ3v) is 3.73. The largest absolute Gasteiger partial charge is 0.496 e. The molecule has 0 unspecified atom stereocenters. The molecule has 1 amide bonds. The van der Waals surface area contributed by atoms with Crippen molar-refractivity contribution in [3.05, 3.63) is 35.4 Å². The standard InChI is InChI=1S/C18H28N2O3S/c1-8-24-13(2)19-15-9-10-16(22-7)14(11-15)12-20(6)17(21)23-18(3,4)5/h9-11,19H,2,8,12H2,1,3-7H3. The van der Waals surface area contributed by atoms with Gasteiger partial charge in [0.25, 0.3) is 0 Å². The van der Waals surface area contributed by atoms with Crippen LogP contribution >= 0.6 is 11.8 Å². The Hall–Kier alpha value is -1.82. The van der Waals surface area contributed by atoms with E-state index in [1.807, 2.05) is 39.0 Å². The van der Waals surface area contributed by atoms with Crippen molar-refractivity contribution < 1.29 is 14.3 Å². The van der Waals surface area contributed by atoms with Crippen molar-refractivity contribution in [1.29, 1.82) is 0 Å². The molecule has 1 aromatic carbocycles. The molecule has 1 N–H and O–H groups in total. The molecule has 0 atom stereocenters. The van der Waals surface area contributed by atoms with Gasteiger partial charge in [0.15, 0.2) is 0 Å². The zero-order chi connectivity index (χ0) is 18.3. The van der Waals surface area contributed by atoms with Crippen LogP contribution in [-0.4, -0.2) is 36.5 Å². The molecule has 0 aromatic heterocycles.